The van der Waals surface area contributed by atoms with Gasteiger partial charge in [0.2, 0.25) is 0 Å². The van der Waals surface area contributed by atoms with Crippen molar-refractivity contribution < 1.29 is 39.1 Å². The molecule has 3 N–H and O–H groups in total. The highest BCUT2D eigenvalue weighted by Crippen LogP contribution is 1.97. The lowest BCUT2D eigenvalue weighted by molar-refractivity contribution is -0.170. The van der Waals surface area contributed by atoms with Crippen molar-refractivity contribution in [3.63, 3.8) is 0 Å². The number of aliphatic hydroxyl groups excluding tert-OH is 2. The van der Waals surface area contributed by atoms with E-state index >= 15 is 0 Å². The highest BCUT2D eigenvalue weighted by molar-refractivity contribution is 5.84. The van der Waals surface area contributed by atoms with Crippen LogP contribution in [0.2, 0.25) is 0 Å². The Bertz CT molecular complexity index is 278. The van der Waals surface area contributed by atoms with Crippen LogP contribution in [0.3, 0.4) is 0 Å². The number of carboxylic acid groups (broad SMARTS) is 1. The van der Waals surface area contributed by atoms with Gasteiger partial charge in [0, 0.05) is 0 Å². The van der Waals surface area contributed by atoms with E-state index in [0.29, 0.717) is 13.2 Å². The molecule has 0 fully saturated rings. The van der Waals surface area contributed by atoms with E-state index in [1.165, 1.54) is 0 Å². The maximum Gasteiger partial charge on any atom is 0.338 e. The van der Waals surface area contributed by atoms with Crippen molar-refractivity contribution in [3.8, 4) is 0 Å². The molecule has 8 heteroatoms. The van der Waals surface area contributed by atoms with Gasteiger partial charge in [-0.25, -0.2) is 9.59 Å². The molecule has 0 aromatic rings. The zero-order valence-electron chi connectivity index (χ0n) is 10.9. The van der Waals surface area contributed by atoms with Gasteiger partial charge < -0.3 is 29.5 Å². The van der Waals surface area contributed by atoms with Crippen molar-refractivity contribution in [1.29, 1.82) is 0 Å². The molecule has 0 amide bonds. The van der Waals surface area contributed by atoms with Crippen LogP contribution in [-0.2, 0) is 23.8 Å². The van der Waals surface area contributed by atoms with Crippen molar-refractivity contribution >= 4 is 11.9 Å². The summed E-state index contributed by atoms with van der Waals surface area (Å²) in [6, 6.07) is 0. The summed E-state index contributed by atoms with van der Waals surface area (Å²) >= 11 is 0. The molecule has 0 saturated carbocycles. The van der Waals surface area contributed by atoms with Gasteiger partial charge in [0.15, 0.2) is 12.2 Å². The van der Waals surface area contributed by atoms with E-state index in [1.807, 2.05) is 13.8 Å². The molecule has 2 unspecified atom stereocenters. The minimum absolute atomic E-state index is 0.0864. The summed E-state index contributed by atoms with van der Waals surface area (Å²) in [5, 5.41) is 26.3. The fourth-order valence-electron chi connectivity index (χ4n) is 0.995. The first-order valence-corrected chi connectivity index (χ1v) is 5.81. The average Bonchev–Trinajstić information content (AvgIpc) is 2.34. The number of ether oxygens (including phenoxy) is 3. The molecule has 112 valence electrons. The predicted molar refractivity (Wildman–Crippen MR) is 62.5 cm³/mol. The molecule has 0 saturated heterocycles. The molecule has 0 aliphatic rings. The zero-order valence-corrected chi connectivity index (χ0v) is 10.9. The van der Waals surface area contributed by atoms with Crippen molar-refractivity contribution in [3.05, 3.63) is 0 Å². The topological polar surface area (TPSA) is 123 Å². The Morgan fingerprint density at radius 1 is 1.00 bits per heavy atom. The zero-order chi connectivity index (χ0) is 14.8. The standard InChI is InChI=1S/C11H20O8/c1-7(2)18-5-3-17-4-6-19-11(16)9(13)8(12)10(14)15/h7-9,12-13H,3-6H2,1-2H3,(H,14,15). The Morgan fingerprint density at radius 2 is 1.58 bits per heavy atom. The summed E-state index contributed by atoms with van der Waals surface area (Å²) < 4.78 is 14.8. The Balaban J connectivity index is 3.61. The van der Waals surface area contributed by atoms with Crippen molar-refractivity contribution in [2.45, 2.75) is 32.2 Å². The lowest BCUT2D eigenvalue weighted by Crippen LogP contribution is -2.40. The third-order valence-electron chi connectivity index (χ3n) is 1.94. The summed E-state index contributed by atoms with van der Waals surface area (Å²) in [6.07, 6.45) is -4.20. The number of aliphatic hydroxyl groups is 2. The monoisotopic (exact) mass is 280 g/mol. The summed E-state index contributed by atoms with van der Waals surface area (Å²) in [6.45, 7) is 4.45. The van der Waals surface area contributed by atoms with Crippen molar-refractivity contribution in [2.24, 2.45) is 0 Å². The molecule has 0 aromatic carbocycles. The van der Waals surface area contributed by atoms with Crippen LogP contribution in [-0.4, -0.2) is 72.0 Å². The highest BCUT2D eigenvalue weighted by atomic mass is 16.6. The van der Waals surface area contributed by atoms with E-state index in [9.17, 15) is 9.59 Å². The van der Waals surface area contributed by atoms with Gasteiger partial charge in [-0.2, -0.15) is 0 Å². The Kier molecular flexibility index (Phi) is 9.06. The van der Waals surface area contributed by atoms with E-state index < -0.39 is 24.1 Å². The number of carboxylic acids is 1. The summed E-state index contributed by atoms with van der Waals surface area (Å²) in [4.78, 5) is 21.4. The lowest BCUT2D eigenvalue weighted by atomic mass is 10.2. The van der Waals surface area contributed by atoms with Gasteiger partial charge >= 0.3 is 11.9 Å². The number of rotatable bonds is 10. The maximum absolute atomic E-state index is 11.1. The predicted octanol–water partition coefficient (Wildman–Crippen LogP) is -1.22. The molecule has 0 aliphatic heterocycles. The minimum atomic E-state index is -2.20. The molecule has 0 radical (unpaired) electrons. The van der Waals surface area contributed by atoms with Crippen LogP contribution in [0.1, 0.15) is 13.8 Å². The summed E-state index contributed by atoms with van der Waals surface area (Å²) in [7, 11) is 0. The Hall–Kier alpha value is -1.22. The second-order valence-corrected chi connectivity index (χ2v) is 3.93. The second-order valence-electron chi connectivity index (χ2n) is 3.93. The molecule has 0 bridgehead atoms. The number of aliphatic carboxylic acids is 1. The van der Waals surface area contributed by atoms with Crippen LogP contribution < -0.4 is 0 Å². The van der Waals surface area contributed by atoms with Gasteiger partial charge in [-0.3, -0.25) is 0 Å². The largest absolute Gasteiger partial charge is 0.479 e. The van der Waals surface area contributed by atoms with Gasteiger partial charge in [-0.1, -0.05) is 0 Å². The van der Waals surface area contributed by atoms with E-state index in [2.05, 4.69) is 4.74 Å². The van der Waals surface area contributed by atoms with Crippen molar-refractivity contribution in [1.82, 2.24) is 0 Å². The quantitative estimate of drug-likeness (QED) is 0.336. The highest BCUT2D eigenvalue weighted by Gasteiger charge is 2.31. The van der Waals surface area contributed by atoms with E-state index in [-0.39, 0.29) is 19.3 Å². The molecule has 0 aliphatic carbocycles. The third kappa shape index (κ3) is 8.49. The summed E-state index contributed by atoms with van der Waals surface area (Å²) in [5.74, 6) is -2.91. The van der Waals surface area contributed by atoms with Gasteiger partial charge in [0.05, 0.1) is 25.9 Å². The number of carbonyl (C=O) groups excluding carboxylic acids is 1. The molecular formula is C11H20O8. The Labute approximate surface area is 110 Å². The lowest BCUT2D eigenvalue weighted by Gasteiger charge is -2.13. The van der Waals surface area contributed by atoms with Gasteiger partial charge in [-0.15, -0.1) is 0 Å². The summed E-state index contributed by atoms with van der Waals surface area (Å²) in [5.41, 5.74) is 0. The van der Waals surface area contributed by atoms with Gasteiger partial charge in [-0.05, 0) is 13.8 Å². The average molecular weight is 280 g/mol. The fourth-order valence-corrected chi connectivity index (χ4v) is 0.995. The molecule has 2 atom stereocenters. The fraction of sp³-hybridized carbons (Fsp3) is 0.818. The SMILES string of the molecule is CC(C)OCCOCCOC(=O)C(O)C(O)C(=O)O. The number of hydrogen-bond acceptors (Lipinski definition) is 7. The molecule has 0 heterocycles. The number of carbonyl (C=O) groups is 2. The second kappa shape index (κ2) is 9.68. The van der Waals surface area contributed by atoms with Crippen LogP contribution in [0.25, 0.3) is 0 Å². The maximum atomic E-state index is 11.1. The first-order valence-electron chi connectivity index (χ1n) is 5.81. The van der Waals surface area contributed by atoms with Crippen LogP contribution >= 0.6 is 0 Å². The molecule has 8 nitrogen and oxygen atoms in total. The molecule has 0 rings (SSSR count). The third-order valence-corrected chi connectivity index (χ3v) is 1.94. The van der Waals surface area contributed by atoms with Crippen LogP contribution in [0, 0.1) is 0 Å². The van der Waals surface area contributed by atoms with E-state index in [0.717, 1.165) is 0 Å². The number of esters is 1. The normalized spacial score (nSPS) is 14.2. The minimum Gasteiger partial charge on any atom is -0.479 e. The molecular weight excluding hydrogens is 260 g/mol. The van der Waals surface area contributed by atoms with E-state index in [1.54, 1.807) is 0 Å². The van der Waals surface area contributed by atoms with E-state index in [4.69, 9.17) is 24.8 Å². The van der Waals surface area contributed by atoms with Crippen LogP contribution in [0.4, 0.5) is 0 Å². The van der Waals surface area contributed by atoms with Crippen LogP contribution in [0.15, 0.2) is 0 Å². The molecule has 0 aromatic heterocycles. The van der Waals surface area contributed by atoms with Gasteiger partial charge in [0.25, 0.3) is 0 Å². The Morgan fingerprint density at radius 3 is 2.11 bits per heavy atom. The van der Waals surface area contributed by atoms with Gasteiger partial charge in [0.1, 0.15) is 6.61 Å². The first kappa shape index (κ1) is 17.8. The number of hydrogen-bond donors (Lipinski definition) is 3. The molecule has 0 spiro atoms. The molecule has 19 heavy (non-hydrogen) atoms. The first-order chi connectivity index (χ1) is 8.86. The van der Waals surface area contributed by atoms with Crippen LogP contribution in [0.5, 0.6) is 0 Å². The smallest absolute Gasteiger partial charge is 0.338 e. The van der Waals surface area contributed by atoms with Crippen molar-refractivity contribution in [2.75, 3.05) is 26.4 Å².